The maximum absolute atomic E-state index is 3.71. The van der Waals surface area contributed by atoms with E-state index in [1.165, 1.54) is 29.2 Å². The fourth-order valence-electron chi connectivity index (χ4n) is 2.39. The van der Waals surface area contributed by atoms with Gasteiger partial charge in [-0.05, 0) is 41.8 Å². The monoisotopic (exact) mass is 301 g/mol. The lowest BCUT2D eigenvalue weighted by Crippen LogP contribution is -2.24. The van der Waals surface area contributed by atoms with Crippen LogP contribution in [0.5, 0.6) is 0 Å². The summed E-state index contributed by atoms with van der Waals surface area (Å²) in [6.45, 7) is 7.90. The van der Waals surface area contributed by atoms with Crippen LogP contribution in [0, 0.1) is 0 Å². The van der Waals surface area contributed by atoms with Crippen molar-refractivity contribution in [3.05, 3.63) is 48.0 Å². The van der Waals surface area contributed by atoms with Crippen LogP contribution in [0.2, 0.25) is 0 Å². The molecule has 2 heteroatoms. The highest BCUT2D eigenvalue weighted by Crippen LogP contribution is 2.25. The van der Waals surface area contributed by atoms with E-state index in [2.05, 4.69) is 80.3 Å². The summed E-state index contributed by atoms with van der Waals surface area (Å²) in [5.74, 6) is 1.15. The Labute approximate surface area is 133 Å². The lowest BCUT2D eigenvalue weighted by Gasteiger charge is -2.21. The molecule has 0 bridgehead atoms. The lowest BCUT2D eigenvalue weighted by molar-refractivity contribution is 0.577. The molecule has 2 aromatic carbocycles. The third-order valence-corrected chi connectivity index (χ3v) is 5.37. The van der Waals surface area contributed by atoms with Gasteiger partial charge in [-0.1, -0.05) is 57.2 Å². The van der Waals surface area contributed by atoms with Crippen LogP contribution in [-0.4, -0.2) is 17.5 Å². The maximum Gasteiger partial charge on any atom is 0.0412 e. The number of hydrogen-bond donors (Lipinski definition) is 1. The zero-order valence-electron chi connectivity index (χ0n) is 13.4. The molecule has 1 N–H and O–H groups in total. The normalized spacial score (nSPS) is 14.2. The number of fused-ring (bicyclic) bond motifs is 1. The van der Waals surface area contributed by atoms with E-state index in [4.69, 9.17) is 0 Å². The summed E-state index contributed by atoms with van der Waals surface area (Å²) in [6, 6.07) is 15.9. The second-order valence-corrected chi connectivity index (χ2v) is 7.14. The molecule has 0 aliphatic carbocycles. The molecule has 0 fully saturated rings. The Kier molecular flexibility index (Phi) is 6.59. The number of thioether (sulfide) groups is 1. The predicted octanol–water partition coefficient (Wildman–Crippen LogP) is 5.41. The Bertz CT molecular complexity index is 552. The molecular weight excluding hydrogens is 274 g/mol. The molecule has 0 saturated carbocycles. The van der Waals surface area contributed by atoms with Crippen LogP contribution in [0.1, 0.15) is 45.2 Å². The number of benzene rings is 2. The average Bonchev–Trinajstić information content (AvgIpc) is 2.54. The first-order valence-corrected chi connectivity index (χ1v) is 9.13. The van der Waals surface area contributed by atoms with Crippen molar-refractivity contribution in [2.75, 3.05) is 12.3 Å². The summed E-state index contributed by atoms with van der Waals surface area (Å²) >= 11 is 2.07. The Morgan fingerprint density at radius 3 is 2.52 bits per heavy atom. The van der Waals surface area contributed by atoms with Gasteiger partial charge in [0.2, 0.25) is 0 Å². The Balaban J connectivity index is 2.16. The van der Waals surface area contributed by atoms with Gasteiger partial charge in [0, 0.05) is 17.0 Å². The van der Waals surface area contributed by atoms with Gasteiger partial charge in [-0.15, -0.1) is 0 Å². The van der Waals surface area contributed by atoms with Gasteiger partial charge in [-0.25, -0.2) is 0 Å². The summed E-state index contributed by atoms with van der Waals surface area (Å²) < 4.78 is 0. The first kappa shape index (κ1) is 16.4. The van der Waals surface area contributed by atoms with Crippen molar-refractivity contribution in [3.63, 3.8) is 0 Å². The van der Waals surface area contributed by atoms with E-state index in [0.717, 1.165) is 17.5 Å². The highest BCUT2D eigenvalue weighted by atomic mass is 32.2. The second kappa shape index (κ2) is 8.45. The third kappa shape index (κ3) is 4.76. The van der Waals surface area contributed by atoms with E-state index in [0.29, 0.717) is 6.04 Å². The van der Waals surface area contributed by atoms with E-state index in [1.54, 1.807) is 0 Å². The van der Waals surface area contributed by atoms with Crippen molar-refractivity contribution in [2.24, 2.45) is 0 Å². The van der Waals surface area contributed by atoms with Gasteiger partial charge in [0.1, 0.15) is 0 Å². The van der Waals surface area contributed by atoms with Crippen molar-refractivity contribution in [3.8, 4) is 0 Å². The number of rotatable bonds is 8. The van der Waals surface area contributed by atoms with E-state index in [1.807, 2.05) is 0 Å². The molecule has 0 aliphatic heterocycles. The molecule has 1 nitrogen and oxygen atoms in total. The molecule has 114 valence electrons. The van der Waals surface area contributed by atoms with E-state index < -0.39 is 0 Å². The summed E-state index contributed by atoms with van der Waals surface area (Å²) in [5, 5.41) is 7.11. The van der Waals surface area contributed by atoms with Gasteiger partial charge in [0.05, 0.1) is 0 Å². The second-order valence-electron chi connectivity index (χ2n) is 5.67. The molecule has 0 aliphatic rings. The molecule has 2 unspecified atom stereocenters. The van der Waals surface area contributed by atoms with Crippen molar-refractivity contribution in [2.45, 2.75) is 44.9 Å². The van der Waals surface area contributed by atoms with Crippen LogP contribution < -0.4 is 5.32 Å². The van der Waals surface area contributed by atoms with Crippen molar-refractivity contribution >= 4 is 22.5 Å². The van der Waals surface area contributed by atoms with Crippen molar-refractivity contribution in [1.82, 2.24) is 5.32 Å². The molecule has 0 spiro atoms. The van der Waals surface area contributed by atoms with E-state index in [9.17, 15) is 0 Å². The molecule has 2 rings (SSSR count). The Hall–Kier alpha value is -0.990. The highest BCUT2D eigenvalue weighted by Gasteiger charge is 2.13. The lowest BCUT2D eigenvalue weighted by atomic mass is 10.0. The summed E-state index contributed by atoms with van der Waals surface area (Å²) in [5.41, 5.74) is 1.41. The average molecular weight is 301 g/mol. The molecular formula is C19H27NS. The molecule has 0 amide bonds. The van der Waals surface area contributed by atoms with Crippen molar-refractivity contribution < 1.29 is 0 Å². The van der Waals surface area contributed by atoms with Gasteiger partial charge in [-0.2, -0.15) is 11.8 Å². The first-order chi connectivity index (χ1) is 10.2. The molecule has 21 heavy (non-hydrogen) atoms. The zero-order chi connectivity index (χ0) is 15.1. The van der Waals surface area contributed by atoms with Crippen LogP contribution in [0.4, 0.5) is 0 Å². The molecule has 0 heterocycles. The quantitative estimate of drug-likeness (QED) is 0.699. The van der Waals surface area contributed by atoms with Gasteiger partial charge < -0.3 is 5.32 Å². The third-order valence-electron chi connectivity index (χ3n) is 3.94. The zero-order valence-corrected chi connectivity index (χ0v) is 14.2. The van der Waals surface area contributed by atoms with Crippen LogP contribution in [0.3, 0.4) is 0 Å². The molecule has 2 atom stereocenters. The van der Waals surface area contributed by atoms with Gasteiger partial charge in [0.15, 0.2) is 0 Å². The SMILES string of the molecule is CCCNC(CSC(C)CC)c1ccc2ccccc2c1. The van der Waals surface area contributed by atoms with E-state index in [-0.39, 0.29) is 0 Å². The van der Waals surface area contributed by atoms with Crippen LogP contribution in [0.25, 0.3) is 10.8 Å². The molecule has 0 radical (unpaired) electrons. The smallest absolute Gasteiger partial charge is 0.0412 e. The fourth-order valence-corrected chi connectivity index (χ4v) is 3.46. The van der Waals surface area contributed by atoms with Crippen LogP contribution in [-0.2, 0) is 0 Å². The number of nitrogens with one attached hydrogen (secondary N) is 1. The van der Waals surface area contributed by atoms with Gasteiger partial charge in [-0.3, -0.25) is 0 Å². The van der Waals surface area contributed by atoms with Crippen LogP contribution in [0.15, 0.2) is 42.5 Å². The molecule has 0 saturated heterocycles. The summed E-state index contributed by atoms with van der Waals surface area (Å²) in [4.78, 5) is 0. The first-order valence-electron chi connectivity index (χ1n) is 8.08. The summed E-state index contributed by atoms with van der Waals surface area (Å²) in [6.07, 6.45) is 2.42. The summed E-state index contributed by atoms with van der Waals surface area (Å²) in [7, 11) is 0. The maximum atomic E-state index is 3.71. The van der Waals surface area contributed by atoms with Crippen molar-refractivity contribution in [1.29, 1.82) is 0 Å². The molecule has 2 aromatic rings. The predicted molar refractivity (Wildman–Crippen MR) is 97.2 cm³/mol. The molecule has 0 aromatic heterocycles. The van der Waals surface area contributed by atoms with Crippen LogP contribution >= 0.6 is 11.8 Å². The minimum Gasteiger partial charge on any atom is -0.309 e. The number of hydrogen-bond acceptors (Lipinski definition) is 2. The fraction of sp³-hybridized carbons (Fsp3) is 0.474. The minimum absolute atomic E-state index is 0.452. The Morgan fingerprint density at radius 2 is 1.81 bits per heavy atom. The minimum atomic E-state index is 0.452. The highest BCUT2D eigenvalue weighted by molar-refractivity contribution is 7.99. The Morgan fingerprint density at radius 1 is 1.05 bits per heavy atom. The van der Waals surface area contributed by atoms with Gasteiger partial charge >= 0.3 is 0 Å². The topological polar surface area (TPSA) is 12.0 Å². The van der Waals surface area contributed by atoms with Gasteiger partial charge in [0.25, 0.3) is 0 Å². The van der Waals surface area contributed by atoms with E-state index >= 15 is 0 Å². The largest absolute Gasteiger partial charge is 0.309 e. The standard InChI is InChI=1S/C19H27NS/c1-4-12-20-19(14-21-15(3)5-2)18-11-10-16-8-6-7-9-17(16)13-18/h6-11,13,15,19-20H,4-5,12,14H2,1-3H3.